The molecule has 0 aliphatic carbocycles. The summed E-state index contributed by atoms with van der Waals surface area (Å²) < 4.78 is 10.5. The zero-order valence-electron chi connectivity index (χ0n) is 13.4. The number of urea groups is 1. The van der Waals surface area contributed by atoms with Gasteiger partial charge in [0.05, 0.1) is 20.3 Å². The van der Waals surface area contributed by atoms with Crippen LogP contribution < -0.4 is 25.8 Å². The molecule has 0 fully saturated rings. The number of nitrogens with two attached hydrogens (primary N) is 1. The zero-order valence-corrected chi connectivity index (χ0v) is 13.4. The molecule has 23 heavy (non-hydrogen) atoms. The van der Waals surface area contributed by atoms with E-state index in [2.05, 4.69) is 10.6 Å². The molecule has 2 rings (SSSR count). The van der Waals surface area contributed by atoms with Crippen LogP contribution in [0.4, 0.5) is 16.2 Å². The van der Waals surface area contributed by atoms with Crippen LogP contribution in [-0.2, 0) is 0 Å². The van der Waals surface area contributed by atoms with E-state index in [4.69, 9.17) is 15.2 Å². The van der Waals surface area contributed by atoms with Gasteiger partial charge in [0.15, 0.2) is 11.5 Å². The predicted molar refractivity (Wildman–Crippen MR) is 91.0 cm³/mol. The highest BCUT2D eigenvalue weighted by Crippen LogP contribution is 2.29. The first-order valence-electron chi connectivity index (χ1n) is 7.18. The van der Waals surface area contributed by atoms with E-state index in [1.54, 1.807) is 38.5 Å². The molecule has 0 saturated heterocycles. The van der Waals surface area contributed by atoms with Crippen molar-refractivity contribution in [3.05, 3.63) is 48.0 Å². The second-order valence-corrected chi connectivity index (χ2v) is 5.06. The molecular weight excluding hydrogens is 294 g/mol. The maximum Gasteiger partial charge on any atom is 0.319 e. The summed E-state index contributed by atoms with van der Waals surface area (Å²) in [5, 5.41) is 5.63. The molecule has 2 amide bonds. The Hall–Kier alpha value is -2.89. The number of ether oxygens (including phenoxy) is 2. The van der Waals surface area contributed by atoms with Crippen molar-refractivity contribution in [1.82, 2.24) is 5.32 Å². The second kappa shape index (κ2) is 7.40. The Morgan fingerprint density at radius 1 is 1.04 bits per heavy atom. The maximum absolute atomic E-state index is 12.0. The molecule has 6 nitrogen and oxygen atoms in total. The van der Waals surface area contributed by atoms with E-state index in [1.807, 2.05) is 25.1 Å². The SMILES string of the molecule is COc1ccc(C(C)NC(=O)Nc2ccc(N)cc2)cc1OC. The van der Waals surface area contributed by atoms with Gasteiger partial charge in [0.1, 0.15) is 0 Å². The van der Waals surface area contributed by atoms with Crippen LogP contribution >= 0.6 is 0 Å². The van der Waals surface area contributed by atoms with Gasteiger partial charge >= 0.3 is 6.03 Å². The maximum atomic E-state index is 12.0. The van der Waals surface area contributed by atoms with Gasteiger partial charge in [0, 0.05) is 11.4 Å². The van der Waals surface area contributed by atoms with Crippen molar-refractivity contribution in [3.8, 4) is 11.5 Å². The van der Waals surface area contributed by atoms with E-state index in [9.17, 15) is 4.79 Å². The Bertz CT molecular complexity index is 671. The van der Waals surface area contributed by atoms with Gasteiger partial charge in [0.2, 0.25) is 0 Å². The third kappa shape index (κ3) is 4.29. The summed E-state index contributed by atoms with van der Waals surface area (Å²) in [7, 11) is 3.16. The molecular formula is C17H21N3O3. The Labute approximate surface area is 135 Å². The lowest BCUT2D eigenvalue weighted by atomic mass is 10.1. The molecule has 0 saturated carbocycles. The molecule has 0 bridgehead atoms. The van der Waals surface area contributed by atoms with Crippen molar-refractivity contribution in [2.24, 2.45) is 0 Å². The van der Waals surface area contributed by atoms with Gasteiger partial charge in [0.25, 0.3) is 0 Å². The minimum absolute atomic E-state index is 0.191. The molecule has 6 heteroatoms. The van der Waals surface area contributed by atoms with Gasteiger partial charge in [-0.05, 0) is 48.9 Å². The lowest BCUT2D eigenvalue weighted by molar-refractivity contribution is 0.249. The van der Waals surface area contributed by atoms with Crippen molar-refractivity contribution in [1.29, 1.82) is 0 Å². The number of rotatable bonds is 5. The highest BCUT2D eigenvalue weighted by molar-refractivity contribution is 5.89. The number of benzene rings is 2. The first-order valence-corrected chi connectivity index (χ1v) is 7.18. The number of nitrogens with one attached hydrogen (secondary N) is 2. The van der Waals surface area contributed by atoms with Crippen LogP contribution in [0.25, 0.3) is 0 Å². The number of methoxy groups -OCH3 is 2. The summed E-state index contributed by atoms with van der Waals surface area (Å²) in [6.45, 7) is 1.89. The quantitative estimate of drug-likeness (QED) is 0.740. The van der Waals surface area contributed by atoms with Crippen molar-refractivity contribution in [2.45, 2.75) is 13.0 Å². The van der Waals surface area contributed by atoms with Gasteiger partial charge in [-0.25, -0.2) is 4.79 Å². The van der Waals surface area contributed by atoms with Crippen LogP contribution in [0.1, 0.15) is 18.5 Å². The third-order valence-corrected chi connectivity index (χ3v) is 3.42. The first kappa shape index (κ1) is 16.5. The van der Waals surface area contributed by atoms with E-state index < -0.39 is 0 Å². The number of nitrogen functional groups attached to an aromatic ring is 1. The Morgan fingerprint density at radius 2 is 1.70 bits per heavy atom. The standard InChI is InChI=1S/C17H21N3O3/c1-11(12-4-9-15(22-2)16(10-12)23-3)19-17(21)20-14-7-5-13(18)6-8-14/h4-11H,18H2,1-3H3,(H2,19,20,21). The zero-order chi connectivity index (χ0) is 16.8. The van der Waals surface area contributed by atoms with Gasteiger partial charge in [-0.2, -0.15) is 0 Å². The van der Waals surface area contributed by atoms with Gasteiger partial charge < -0.3 is 25.8 Å². The predicted octanol–water partition coefficient (Wildman–Crippen LogP) is 3.17. The number of carbonyl (C=O) groups is 1. The molecule has 122 valence electrons. The summed E-state index contributed by atoms with van der Waals surface area (Å²) in [5.74, 6) is 1.27. The van der Waals surface area contributed by atoms with Crippen molar-refractivity contribution in [3.63, 3.8) is 0 Å². The molecule has 0 spiro atoms. The Morgan fingerprint density at radius 3 is 2.30 bits per heavy atom. The number of carbonyl (C=O) groups excluding carboxylic acids is 1. The van der Waals surface area contributed by atoms with Gasteiger partial charge in [-0.3, -0.25) is 0 Å². The second-order valence-electron chi connectivity index (χ2n) is 5.06. The lowest BCUT2D eigenvalue weighted by Crippen LogP contribution is -2.31. The number of amides is 2. The minimum Gasteiger partial charge on any atom is -0.493 e. The third-order valence-electron chi connectivity index (χ3n) is 3.42. The molecule has 0 radical (unpaired) electrons. The topological polar surface area (TPSA) is 85.6 Å². The Kier molecular flexibility index (Phi) is 5.30. The van der Waals surface area contributed by atoms with Crippen LogP contribution in [0.15, 0.2) is 42.5 Å². The molecule has 0 aromatic heterocycles. The van der Waals surface area contributed by atoms with Crippen molar-refractivity contribution >= 4 is 17.4 Å². The van der Waals surface area contributed by atoms with Gasteiger partial charge in [-0.1, -0.05) is 6.07 Å². The number of hydrogen-bond donors (Lipinski definition) is 3. The van der Waals surface area contributed by atoms with E-state index in [0.717, 1.165) is 5.56 Å². The summed E-state index contributed by atoms with van der Waals surface area (Å²) in [6.07, 6.45) is 0. The van der Waals surface area contributed by atoms with Crippen LogP contribution in [0.2, 0.25) is 0 Å². The van der Waals surface area contributed by atoms with E-state index >= 15 is 0 Å². The lowest BCUT2D eigenvalue weighted by Gasteiger charge is -2.17. The van der Waals surface area contributed by atoms with Crippen LogP contribution in [0, 0.1) is 0 Å². The van der Waals surface area contributed by atoms with E-state index in [1.165, 1.54) is 0 Å². The first-order chi connectivity index (χ1) is 11.0. The summed E-state index contributed by atoms with van der Waals surface area (Å²) in [6, 6.07) is 12.0. The molecule has 1 unspecified atom stereocenters. The molecule has 4 N–H and O–H groups in total. The van der Waals surface area contributed by atoms with Crippen LogP contribution in [0.5, 0.6) is 11.5 Å². The van der Waals surface area contributed by atoms with Gasteiger partial charge in [-0.15, -0.1) is 0 Å². The summed E-state index contributed by atoms with van der Waals surface area (Å²) in [5.41, 5.74) is 7.85. The fourth-order valence-corrected chi connectivity index (χ4v) is 2.14. The molecule has 2 aromatic rings. The number of anilines is 2. The average molecular weight is 315 g/mol. The van der Waals surface area contributed by atoms with E-state index in [0.29, 0.717) is 22.9 Å². The van der Waals surface area contributed by atoms with Crippen LogP contribution in [0.3, 0.4) is 0 Å². The monoisotopic (exact) mass is 315 g/mol. The summed E-state index contributed by atoms with van der Waals surface area (Å²) >= 11 is 0. The average Bonchev–Trinajstić information content (AvgIpc) is 2.56. The molecule has 0 aliphatic heterocycles. The molecule has 2 aromatic carbocycles. The fraction of sp³-hybridized carbons (Fsp3) is 0.235. The molecule has 1 atom stereocenters. The Balaban J connectivity index is 2.01. The van der Waals surface area contributed by atoms with Crippen LogP contribution in [-0.4, -0.2) is 20.3 Å². The smallest absolute Gasteiger partial charge is 0.319 e. The highest BCUT2D eigenvalue weighted by Gasteiger charge is 2.12. The fourth-order valence-electron chi connectivity index (χ4n) is 2.14. The van der Waals surface area contributed by atoms with Crippen molar-refractivity contribution < 1.29 is 14.3 Å². The van der Waals surface area contributed by atoms with Crippen molar-refractivity contribution in [2.75, 3.05) is 25.3 Å². The molecule has 0 aliphatic rings. The minimum atomic E-state index is -0.294. The molecule has 0 heterocycles. The van der Waals surface area contributed by atoms with E-state index in [-0.39, 0.29) is 12.1 Å². The highest BCUT2D eigenvalue weighted by atomic mass is 16.5. The number of hydrogen-bond acceptors (Lipinski definition) is 4. The normalized spacial score (nSPS) is 11.4. The largest absolute Gasteiger partial charge is 0.493 e. The summed E-state index contributed by atoms with van der Waals surface area (Å²) in [4.78, 5) is 12.0.